The van der Waals surface area contributed by atoms with Crippen LogP contribution in [0.2, 0.25) is 5.02 Å². The lowest BCUT2D eigenvalue weighted by atomic mass is 10.2. The number of aromatic nitrogens is 2. The third-order valence-corrected chi connectivity index (χ3v) is 5.75. The van der Waals surface area contributed by atoms with E-state index < -0.39 is 0 Å². The predicted molar refractivity (Wildman–Crippen MR) is 126 cm³/mol. The standard InChI is InChI=1S/C24H26ClN5O2/c25-21-8-6-19(7-9-21)16-26-23(31)18-30-24(32)11-10-22(27-30)29-14-12-28(13-15-29)17-20-4-2-1-3-5-20/h1-11H,12-18H2,(H,26,31). The number of nitrogens with zero attached hydrogens (tertiary/aromatic N) is 4. The summed E-state index contributed by atoms with van der Waals surface area (Å²) in [6, 6.07) is 20.9. The summed E-state index contributed by atoms with van der Waals surface area (Å²) in [6.07, 6.45) is 0. The number of anilines is 1. The molecule has 0 saturated carbocycles. The molecule has 3 aromatic rings. The van der Waals surface area contributed by atoms with E-state index in [0.29, 0.717) is 11.6 Å². The molecule has 0 atom stereocenters. The monoisotopic (exact) mass is 451 g/mol. The van der Waals surface area contributed by atoms with Crippen LogP contribution in [0.5, 0.6) is 0 Å². The second-order valence-electron chi connectivity index (χ2n) is 7.84. The molecule has 1 amide bonds. The van der Waals surface area contributed by atoms with Crippen molar-refractivity contribution in [3.8, 4) is 0 Å². The molecule has 1 aromatic heterocycles. The topological polar surface area (TPSA) is 70.5 Å². The van der Waals surface area contributed by atoms with Gasteiger partial charge in [-0.2, -0.15) is 5.10 Å². The molecule has 4 rings (SSSR count). The minimum absolute atomic E-state index is 0.117. The Labute approximate surface area is 192 Å². The van der Waals surface area contributed by atoms with Gasteiger partial charge >= 0.3 is 0 Å². The number of carbonyl (C=O) groups is 1. The molecule has 0 bridgehead atoms. The molecule has 2 heterocycles. The van der Waals surface area contributed by atoms with Gasteiger partial charge in [0.25, 0.3) is 5.56 Å². The van der Waals surface area contributed by atoms with Crippen molar-refractivity contribution in [3.63, 3.8) is 0 Å². The largest absolute Gasteiger partial charge is 0.353 e. The van der Waals surface area contributed by atoms with Crippen molar-refractivity contribution >= 4 is 23.3 Å². The van der Waals surface area contributed by atoms with E-state index in [1.54, 1.807) is 18.2 Å². The fourth-order valence-corrected chi connectivity index (χ4v) is 3.82. The number of rotatable bonds is 7. The maximum Gasteiger partial charge on any atom is 0.267 e. The molecule has 0 unspecified atom stereocenters. The molecular formula is C24H26ClN5O2. The molecule has 0 radical (unpaired) electrons. The van der Waals surface area contributed by atoms with Crippen molar-refractivity contribution in [2.75, 3.05) is 31.1 Å². The molecule has 1 fully saturated rings. The Kier molecular flexibility index (Phi) is 7.19. The van der Waals surface area contributed by atoms with Gasteiger partial charge in [-0.15, -0.1) is 0 Å². The lowest BCUT2D eigenvalue weighted by molar-refractivity contribution is -0.122. The molecule has 1 N–H and O–H groups in total. The van der Waals surface area contributed by atoms with Crippen molar-refractivity contribution in [1.82, 2.24) is 20.0 Å². The predicted octanol–water partition coefficient (Wildman–Crippen LogP) is 2.54. The number of amides is 1. The van der Waals surface area contributed by atoms with E-state index in [-0.39, 0.29) is 18.0 Å². The van der Waals surface area contributed by atoms with Crippen molar-refractivity contribution in [2.24, 2.45) is 0 Å². The molecule has 166 valence electrons. The summed E-state index contributed by atoms with van der Waals surface area (Å²) < 4.78 is 1.23. The van der Waals surface area contributed by atoms with Crippen LogP contribution in [0.1, 0.15) is 11.1 Å². The number of carbonyl (C=O) groups excluding carboxylic acids is 1. The van der Waals surface area contributed by atoms with Gasteiger partial charge in [-0.3, -0.25) is 14.5 Å². The van der Waals surface area contributed by atoms with Gasteiger partial charge in [-0.1, -0.05) is 54.1 Å². The highest BCUT2D eigenvalue weighted by molar-refractivity contribution is 6.30. The molecule has 1 aliphatic rings. The maximum absolute atomic E-state index is 12.4. The SMILES string of the molecule is O=C(Cn1nc(N2CCN(Cc3ccccc3)CC2)ccc1=O)NCc1ccc(Cl)cc1. The zero-order valence-electron chi connectivity index (χ0n) is 17.8. The number of piperazine rings is 1. The summed E-state index contributed by atoms with van der Waals surface area (Å²) in [5.74, 6) is 0.453. The van der Waals surface area contributed by atoms with E-state index >= 15 is 0 Å². The van der Waals surface area contributed by atoms with Crippen LogP contribution in [-0.2, 0) is 24.4 Å². The molecule has 0 aliphatic carbocycles. The van der Waals surface area contributed by atoms with E-state index in [1.165, 1.54) is 16.3 Å². The van der Waals surface area contributed by atoms with Gasteiger partial charge in [0, 0.05) is 50.4 Å². The number of halogens is 1. The molecule has 2 aromatic carbocycles. The molecule has 32 heavy (non-hydrogen) atoms. The third-order valence-electron chi connectivity index (χ3n) is 5.49. The third kappa shape index (κ3) is 5.96. The van der Waals surface area contributed by atoms with Gasteiger partial charge in [0.05, 0.1) is 0 Å². The van der Waals surface area contributed by atoms with Crippen LogP contribution in [0.25, 0.3) is 0 Å². The van der Waals surface area contributed by atoms with Crippen LogP contribution in [0.4, 0.5) is 5.82 Å². The highest BCUT2D eigenvalue weighted by Crippen LogP contribution is 2.14. The van der Waals surface area contributed by atoms with Crippen molar-refractivity contribution in [2.45, 2.75) is 19.6 Å². The van der Waals surface area contributed by atoms with E-state index in [0.717, 1.165) is 44.1 Å². The van der Waals surface area contributed by atoms with Crippen LogP contribution in [0.3, 0.4) is 0 Å². The Bertz CT molecular complexity index is 1090. The van der Waals surface area contributed by atoms with Crippen molar-refractivity contribution in [1.29, 1.82) is 0 Å². The lowest BCUT2D eigenvalue weighted by Crippen LogP contribution is -2.46. The molecule has 1 aliphatic heterocycles. The maximum atomic E-state index is 12.4. The first kappa shape index (κ1) is 22.0. The molecule has 7 nitrogen and oxygen atoms in total. The van der Waals surface area contributed by atoms with Gasteiger partial charge in [0.1, 0.15) is 12.4 Å². The first-order valence-electron chi connectivity index (χ1n) is 10.7. The van der Waals surface area contributed by atoms with Gasteiger partial charge in [-0.25, -0.2) is 4.68 Å². The summed E-state index contributed by atoms with van der Waals surface area (Å²) >= 11 is 5.88. The van der Waals surface area contributed by atoms with Gasteiger partial charge < -0.3 is 10.2 Å². The van der Waals surface area contributed by atoms with Gasteiger partial charge in [0.2, 0.25) is 5.91 Å². The summed E-state index contributed by atoms with van der Waals surface area (Å²) in [7, 11) is 0. The van der Waals surface area contributed by atoms with E-state index in [1.807, 2.05) is 18.2 Å². The minimum Gasteiger partial charge on any atom is -0.353 e. The highest BCUT2D eigenvalue weighted by Gasteiger charge is 2.19. The Morgan fingerprint density at radius 3 is 2.34 bits per heavy atom. The normalized spacial score (nSPS) is 14.3. The summed E-state index contributed by atoms with van der Waals surface area (Å²) in [5, 5.41) is 7.91. The molecule has 1 saturated heterocycles. The smallest absolute Gasteiger partial charge is 0.267 e. The minimum atomic E-state index is -0.293. The van der Waals surface area contributed by atoms with Gasteiger partial charge in [0.15, 0.2) is 0 Å². The first-order valence-corrected chi connectivity index (χ1v) is 11.1. The number of hydrogen-bond donors (Lipinski definition) is 1. The summed E-state index contributed by atoms with van der Waals surface area (Å²) in [6.45, 7) is 4.65. The summed E-state index contributed by atoms with van der Waals surface area (Å²) in [4.78, 5) is 29.2. The fraction of sp³-hybridized carbons (Fsp3) is 0.292. The van der Waals surface area contributed by atoms with Crippen molar-refractivity contribution < 1.29 is 4.79 Å². The number of nitrogens with one attached hydrogen (secondary N) is 1. The highest BCUT2D eigenvalue weighted by atomic mass is 35.5. The second kappa shape index (κ2) is 10.4. The Balaban J connectivity index is 1.32. The van der Waals surface area contributed by atoms with Crippen LogP contribution >= 0.6 is 11.6 Å². The van der Waals surface area contributed by atoms with E-state index in [4.69, 9.17) is 11.6 Å². The van der Waals surface area contributed by atoms with E-state index in [2.05, 4.69) is 44.5 Å². The summed E-state index contributed by atoms with van der Waals surface area (Å²) in [5.41, 5.74) is 1.94. The van der Waals surface area contributed by atoms with Gasteiger partial charge in [-0.05, 0) is 29.3 Å². The zero-order chi connectivity index (χ0) is 22.3. The first-order chi connectivity index (χ1) is 15.6. The van der Waals surface area contributed by atoms with Crippen LogP contribution in [0, 0.1) is 0 Å². The Morgan fingerprint density at radius 1 is 0.906 bits per heavy atom. The molecular weight excluding hydrogens is 426 g/mol. The van der Waals surface area contributed by atoms with E-state index in [9.17, 15) is 9.59 Å². The number of benzene rings is 2. The lowest BCUT2D eigenvalue weighted by Gasteiger charge is -2.35. The Hall–Kier alpha value is -3.16. The average Bonchev–Trinajstić information content (AvgIpc) is 2.81. The Morgan fingerprint density at radius 2 is 1.62 bits per heavy atom. The van der Waals surface area contributed by atoms with Crippen LogP contribution < -0.4 is 15.8 Å². The number of hydrogen-bond acceptors (Lipinski definition) is 5. The molecule has 0 spiro atoms. The van der Waals surface area contributed by atoms with Crippen LogP contribution in [-0.4, -0.2) is 46.8 Å². The second-order valence-corrected chi connectivity index (χ2v) is 8.28. The average molecular weight is 452 g/mol. The zero-order valence-corrected chi connectivity index (χ0v) is 18.5. The quantitative estimate of drug-likeness (QED) is 0.597. The van der Waals surface area contributed by atoms with Crippen molar-refractivity contribution in [3.05, 3.63) is 93.2 Å². The fourth-order valence-electron chi connectivity index (χ4n) is 3.69. The molecule has 8 heteroatoms. The van der Waals surface area contributed by atoms with Crippen LogP contribution in [0.15, 0.2) is 71.5 Å².